The predicted molar refractivity (Wildman–Crippen MR) is 75.7 cm³/mol. The molecular formula is C15H22N2O3. The van der Waals surface area contributed by atoms with Gasteiger partial charge in [0.05, 0.1) is 30.6 Å². The van der Waals surface area contributed by atoms with Gasteiger partial charge < -0.3 is 14.7 Å². The highest BCUT2D eigenvalue weighted by Gasteiger charge is 2.25. The maximum Gasteiger partial charge on any atom is 0.255 e. The standard InChI is InChI=1S/C15H22N2O3/c1-11-3-4-14(12(2)16-11)15(19)17-7-5-13(6-8-17)20-10-9-18/h3-4,13,18H,5-10H2,1-2H3. The number of aliphatic hydroxyl groups excluding tert-OH is 1. The van der Waals surface area contributed by atoms with Gasteiger partial charge in [0.2, 0.25) is 0 Å². The first kappa shape index (κ1) is 14.9. The third kappa shape index (κ3) is 3.55. The lowest BCUT2D eigenvalue weighted by molar-refractivity contribution is -0.00556. The van der Waals surface area contributed by atoms with Gasteiger partial charge in [0.25, 0.3) is 5.91 Å². The summed E-state index contributed by atoms with van der Waals surface area (Å²) in [5, 5.41) is 8.74. The molecular weight excluding hydrogens is 256 g/mol. The Hall–Kier alpha value is -1.46. The van der Waals surface area contributed by atoms with E-state index in [0.29, 0.717) is 25.3 Å². The maximum absolute atomic E-state index is 12.5. The highest BCUT2D eigenvalue weighted by Crippen LogP contribution is 2.17. The van der Waals surface area contributed by atoms with Crippen LogP contribution in [0.2, 0.25) is 0 Å². The number of hydrogen-bond donors (Lipinski definition) is 1. The van der Waals surface area contributed by atoms with Crippen molar-refractivity contribution in [2.24, 2.45) is 0 Å². The molecule has 2 heterocycles. The molecule has 0 aromatic carbocycles. The van der Waals surface area contributed by atoms with Crippen LogP contribution in [-0.2, 0) is 4.74 Å². The predicted octanol–water partition coefficient (Wildman–Crippen LogP) is 1.31. The summed E-state index contributed by atoms with van der Waals surface area (Å²) in [6, 6.07) is 3.73. The molecule has 20 heavy (non-hydrogen) atoms. The number of pyridine rings is 1. The number of piperidine rings is 1. The zero-order valence-corrected chi connectivity index (χ0v) is 12.1. The Kier molecular flexibility index (Phi) is 5.09. The van der Waals surface area contributed by atoms with Gasteiger partial charge in [-0.05, 0) is 38.8 Å². The van der Waals surface area contributed by atoms with E-state index in [0.717, 1.165) is 24.2 Å². The Morgan fingerprint density at radius 3 is 2.70 bits per heavy atom. The van der Waals surface area contributed by atoms with Crippen LogP contribution in [0.4, 0.5) is 0 Å². The molecule has 1 N–H and O–H groups in total. The molecule has 5 heteroatoms. The summed E-state index contributed by atoms with van der Waals surface area (Å²) in [4.78, 5) is 18.7. The largest absolute Gasteiger partial charge is 0.394 e. The average Bonchev–Trinajstić information content (AvgIpc) is 2.45. The third-order valence-corrected chi connectivity index (χ3v) is 3.63. The van der Waals surface area contributed by atoms with Crippen LogP contribution >= 0.6 is 0 Å². The zero-order valence-electron chi connectivity index (χ0n) is 12.1. The quantitative estimate of drug-likeness (QED) is 0.902. The molecule has 0 saturated carbocycles. The molecule has 0 atom stereocenters. The van der Waals surface area contributed by atoms with E-state index in [1.807, 2.05) is 30.9 Å². The number of rotatable bonds is 4. The molecule has 110 valence electrons. The summed E-state index contributed by atoms with van der Waals surface area (Å²) in [6.07, 6.45) is 1.80. The summed E-state index contributed by atoms with van der Waals surface area (Å²) < 4.78 is 5.51. The second-order valence-electron chi connectivity index (χ2n) is 5.17. The van der Waals surface area contributed by atoms with E-state index in [2.05, 4.69) is 4.98 Å². The molecule has 0 aliphatic carbocycles. The molecule has 1 saturated heterocycles. The SMILES string of the molecule is Cc1ccc(C(=O)N2CCC(OCCO)CC2)c(C)n1. The van der Waals surface area contributed by atoms with Crippen LogP contribution in [-0.4, -0.2) is 53.3 Å². The zero-order chi connectivity index (χ0) is 14.5. The van der Waals surface area contributed by atoms with Crippen LogP contribution in [0, 0.1) is 13.8 Å². The van der Waals surface area contributed by atoms with E-state index >= 15 is 0 Å². The molecule has 1 aromatic rings. The topological polar surface area (TPSA) is 62.7 Å². The fraction of sp³-hybridized carbons (Fsp3) is 0.600. The van der Waals surface area contributed by atoms with Crippen molar-refractivity contribution < 1.29 is 14.6 Å². The number of carbonyl (C=O) groups excluding carboxylic acids is 1. The number of ether oxygens (including phenoxy) is 1. The number of aliphatic hydroxyl groups is 1. The van der Waals surface area contributed by atoms with E-state index in [1.165, 1.54) is 0 Å². The molecule has 5 nitrogen and oxygen atoms in total. The van der Waals surface area contributed by atoms with E-state index in [4.69, 9.17) is 9.84 Å². The number of aryl methyl sites for hydroxylation is 2. The lowest BCUT2D eigenvalue weighted by Crippen LogP contribution is -2.41. The van der Waals surface area contributed by atoms with Crippen LogP contribution in [0.1, 0.15) is 34.6 Å². The summed E-state index contributed by atoms with van der Waals surface area (Å²) in [7, 11) is 0. The smallest absolute Gasteiger partial charge is 0.255 e. The molecule has 0 radical (unpaired) electrons. The van der Waals surface area contributed by atoms with Crippen molar-refractivity contribution in [3.63, 3.8) is 0 Å². The molecule has 1 amide bonds. The van der Waals surface area contributed by atoms with Gasteiger partial charge in [-0.25, -0.2) is 0 Å². The fourth-order valence-electron chi connectivity index (χ4n) is 2.53. The Morgan fingerprint density at radius 2 is 2.10 bits per heavy atom. The third-order valence-electron chi connectivity index (χ3n) is 3.63. The minimum absolute atomic E-state index is 0.0490. The van der Waals surface area contributed by atoms with Crippen molar-refractivity contribution in [2.45, 2.75) is 32.8 Å². The van der Waals surface area contributed by atoms with E-state index < -0.39 is 0 Å². The van der Waals surface area contributed by atoms with Gasteiger partial charge in [-0.3, -0.25) is 9.78 Å². The van der Waals surface area contributed by atoms with Gasteiger partial charge in [0.15, 0.2) is 0 Å². The Labute approximate surface area is 119 Å². The number of hydrogen-bond acceptors (Lipinski definition) is 4. The Bertz CT molecular complexity index is 468. The number of carbonyl (C=O) groups is 1. The Morgan fingerprint density at radius 1 is 1.40 bits per heavy atom. The molecule has 0 bridgehead atoms. The summed E-state index contributed by atoms with van der Waals surface area (Å²) >= 11 is 0. The lowest BCUT2D eigenvalue weighted by Gasteiger charge is -2.32. The molecule has 0 spiro atoms. The first-order valence-corrected chi connectivity index (χ1v) is 7.08. The number of likely N-dealkylation sites (tertiary alicyclic amines) is 1. The van der Waals surface area contributed by atoms with Crippen LogP contribution in [0.3, 0.4) is 0 Å². The van der Waals surface area contributed by atoms with E-state index in [1.54, 1.807) is 0 Å². The first-order chi connectivity index (χ1) is 9.61. The molecule has 1 fully saturated rings. The van der Waals surface area contributed by atoms with Crippen LogP contribution in [0.15, 0.2) is 12.1 Å². The summed E-state index contributed by atoms with van der Waals surface area (Å²) in [6.45, 7) is 5.61. The van der Waals surface area contributed by atoms with Crippen molar-refractivity contribution >= 4 is 5.91 Å². The van der Waals surface area contributed by atoms with Gasteiger partial charge in [-0.2, -0.15) is 0 Å². The molecule has 1 aliphatic heterocycles. The number of nitrogens with zero attached hydrogens (tertiary/aromatic N) is 2. The van der Waals surface area contributed by atoms with Crippen molar-refractivity contribution in [3.05, 3.63) is 29.1 Å². The number of amides is 1. The maximum atomic E-state index is 12.5. The number of aromatic nitrogens is 1. The second kappa shape index (κ2) is 6.81. The highest BCUT2D eigenvalue weighted by molar-refractivity contribution is 5.95. The minimum atomic E-state index is 0.0490. The summed E-state index contributed by atoms with van der Waals surface area (Å²) in [5.74, 6) is 0.0515. The van der Waals surface area contributed by atoms with Gasteiger partial charge in [-0.15, -0.1) is 0 Å². The van der Waals surface area contributed by atoms with Gasteiger partial charge in [0.1, 0.15) is 0 Å². The van der Waals surface area contributed by atoms with Crippen LogP contribution < -0.4 is 0 Å². The molecule has 1 aromatic heterocycles. The minimum Gasteiger partial charge on any atom is -0.394 e. The highest BCUT2D eigenvalue weighted by atomic mass is 16.5. The summed E-state index contributed by atoms with van der Waals surface area (Å²) in [5.41, 5.74) is 2.40. The first-order valence-electron chi connectivity index (χ1n) is 7.08. The van der Waals surface area contributed by atoms with Crippen molar-refractivity contribution in [1.29, 1.82) is 0 Å². The van der Waals surface area contributed by atoms with Crippen molar-refractivity contribution in [3.8, 4) is 0 Å². The molecule has 2 rings (SSSR count). The normalized spacial score (nSPS) is 16.4. The van der Waals surface area contributed by atoms with E-state index in [-0.39, 0.29) is 18.6 Å². The Balaban J connectivity index is 1.94. The van der Waals surface area contributed by atoms with Crippen molar-refractivity contribution in [1.82, 2.24) is 9.88 Å². The van der Waals surface area contributed by atoms with Gasteiger partial charge in [-0.1, -0.05) is 0 Å². The van der Waals surface area contributed by atoms with Gasteiger partial charge in [0, 0.05) is 18.8 Å². The fourth-order valence-corrected chi connectivity index (χ4v) is 2.53. The molecule has 1 aliphatic rings. The van der Waals surface area contributed by atoms with Crippen LogP contribution in [0.5, 0.6) is 0 Å². The van der Waals surface area contributed by atoms with Crippen molar-refractivity contribution in [2.75, 3.05) is 26.3 Å². The van der Waals surface area contributed by atoms with Gasteiger partial charge >= 0.3 is 0 Å². The van der Waals surface area contributed by atoms with E-state index in [9.17, 15) is 4.79 Å². The lowest BCUT2D eigenvalue weighted by atomic mass is 10.1. The average molecular weight is 278 g/mol. The monoisotopic (exact) mass is 278 g/mol. The second-order valence-corrected chi connectivity index (χ2v) is 5.17. The van der Waals surface area contributed by atoms with Crippen LogP contribution in [0.25, 0.3) is 0 Å². The molecule has 0 unspecified atom stereocenters.